The summed E-state index contributed by atoms with van der Waals surface area (Å²) >= 11 is 0. The van der Waals surface area contributed by atoms with E-state index >= 15 is 0 Å². The number of aryl methyl sites for hydroxylation is 2. The number of aromatic nitrogens is 4. The lowest BCUT2D eigenvalue weighted by Gasteiger charge is -2.36. The Morgan fingerprint density at radius 1 is 1.16 bits per heavy atom. The fourth-order valence-electron chi connectivity index (χ4n) is 3.87. The molecule has 0 radical (unpaired) electrons. The van der Waals surface area contributed by atoms with Crippen LogP contribution in [0.1, 0.15) is 73.8 Å². The number of rotatable bonds is 8. The fourth-order valence-corrected chi connectivity index (χ4v) is 4.82. The number of nitrogens with zero attached hydrogens (tertiary/aromatic N) is 4. The molecule has 202 valence electrons. The van der Waals surface area contributed by atoms with Crippen molar-refractivity contribution in [3.63, 3.8) is 0 Å². The van der Waals surface area contributed by atoms with Gasteiger partial charge in [-0.05, 0) is 73.3 Å². The highest BCUT2D eigenvalue weighted by molar-refractivity contribution is 6.74. The highest BCUT2D eigenvalue weighted by Crippen LogP contribution is 2.38. The molecular weight excluding hydrogens is 501 g/mol. The summed E-state index contributed by atoms with van der Waals surface area (Å²) in [4.78, 5) is 17.2. The van der Waals surface area contributed by atoms with Gasteiger partial charge < -0.3 is 9.16 Å². The molecule has 3 aromatic heterocycles. The van der Waals surface area contributed by atoms with Crippen molar-refractivity contribution >= 4 is 19.9 Å². The second kappa shape index (κ2) is 10.5. The SMILES string of the molecule is CCOC(=O)CC(c1cnc(C)c(CO[Si](C)(C)C(C)(C)C)c1)c1ccn2c(C(F)(F)F)nnc2c1C. The number of hydrogen-bond donors (Lipinski definition) is 0. The van der Waals surface area contributed by atoms with Crippen LogP contribution in [-0.4, -0.2) is 40.5 Å². The first-order valence-electron chi connectivity index (χ1n) is 12.2. The quantitative estimate of drug-likeness (QED) is 0.246. The first-order valence-corrected chi connectivity index (χ1v) is 15.1. The molecule has 3 aromatic rings. The molecule has 37 heavy (non-hydrogen) atoms. The normalized spacial score (nSPS) is 13.7. The maximum atomic E-state index is 13.4. The number of fused-ring (bicyclic) bond motifs is 1. The molecule has 0 aliphatic heterocycles. The van der Waals surface area contributed by atoms with Crippen LogP contribution in [-0.2, 0) is 26.7 Å². The molecule has 1 atom stereocenters. The number of hydrogen-bond acceptors (Lipinski definition) is 6. The van der Waals surface area contributed by atoms with Gasteiger partial charge in [-0.3, -0.25) is 14.2 Å². The summed E-state index contributed by atoms with van der Waals surface area (Å²) in [5.41, 5.74) is 3.70. The molecule has 0 saturated heterocycles. The number of carbonyl (C=O) groups is 1. The van der Waals surface area contributed by atoms with Crippen LogP contribution in [0.3, 0.4) is 0 Å². The molecule has 11 heteroatoms. The summed E-state index contributed by atoms with van der Waals surface area (Å²) in [6.45, 7) is 16.8. The molecule has 1 unspecified atom stereocenters. The van der Waals surface area contributed by atoms with Crippen molar-refractivity contribution in [1.29, 1.82) is 0 Å². The molecule has 0 aromatic carbocycles. The van der Waals surface area contributed by atoms with Crippen molar-refractivity contribution in [2.75, 3.05) is 6.61 Å². The molecule has 0 aliphatic rings. The largest absolute Gasteiger partial charge is 0.466 e. The van der Waals surface area contributed by atoms with E-state index in [1.165, 1.54) is 6.20 Å². The van der Waals surface area contributed by atoms with Gasteiger partial charge in [-0.2, -0.15) is 13.2 Å². The van der Waals surface area contributed by atoms with Crippen LogP contribution in [0, 0.1) is 13.8 Å². The van der Waals surface area contributed by atoms with Gasteiger partial charge in [-0.1, -0.05) is 20.8 Å². The second-order valence-electron chi connectivity index (χ2n) is 10.7. The van der Waals surface area contributed by atoms with E-state index < -0.39 is 32.2 Å². The van der Waals surface area contributed by atoms with Crippen LogP contribution in [0.5, 0.6) is 0 Å². The maximum absolute atomic E-state index is 13.4. The average Bonchev–Trinajstić information content (AvgIpc) is 3.23. The lowest BCUT2D eigenvalue weighted by atomic mass is 9.86. The Labute approximate surface area is 216 Å². The zero-order chi connectivity index (χ0) is 27.8. The molecule has 0 N–H and O–H groups in total. The van der Waals surface area contributed by atoms with E-state index in [9.17, 15) is 18.0 Å². The topological polar surface area (TPSA) is 78.6 Å². The van der Waals surface area contributed by atoms with Gasteiger partial charge in [-0.15, -0.1) is 10.2 Å². The van der Waals surface area contributed by atoms with Gasteiger partial charge in [0.1, 0.15) is 0 Å². The molecule has 3 rings (SSSR count). The van der Waals surface area contributed by atoms with Crippen molar-refractivity contribution in [3.8, 4) is 0 Å². The number of pyridine rings is 2. The van der Waals surface area contributed by atoms with Gasteiger partial charge in [0.15, 0.2) is 14.0 Å². The predicted octanol–water partition coefficient (Wildman–Crippen LogP) is 6.37. The summed E-state index contributed by atoms with van der Waals surface area (Å²) < 4.78 is 52.7. The number of carbonyl (C=O) groups excluding carboxylic acids is 1. The maximum Gasteiger partial charge on any atom is 0.452 e. The third-order valence-corrected chi connectivity index (χ3v) is 11.7. The van der Waals surface area contributed by atoms with Crippen molar-refractivity contribution in [2.45, 2.75) is 84.8 Å². The Morgan fingerprint density at radius 2 is 1.84 bits per heavy atom. The predicted molar refractivity (Wildman–Crippen MR) is 137 cm³/mol. The van der Waals surface area contributed by atoms with Gasteiger partial charge in [0.2, 0.25) is 5.82 Å². The second-order valence-corrected chi connectivity index (χ2v) is 15.5. The standard InChI is InChI=1S/C26H35F3N4O3Si/c1-9-35-22(34)13-21(20-10-11-33-23(16(20)2)31-32-24(33)26(27,28)29)18-12-19(17(3)30-14-18)15-36-37(7,8)25(4,5)6/h10-12,14,21H,9,13,15H2,1-8H3. The summed E-state index contributed by atoms with van der Waals surface area (Å²) in [5, 5.41) is 7.19. The Kier molecular flexibility index (Phi) is 8.18. The highest BCUT2D eigenvalue weighted by atomic mass is 28.4. The van der Waals surface area contributed by atoms with E-state index in [2.05, 4.69) is 49.0 Å². The lowest BCUT2D eigenvalue weighted by molar-refractivity contribution is -0.145. The van der Waals surface area contributed by atoms with Crippen LogP contribution >= 0.6 is 0 Å². The Morgan fingerprint density at radius 3 is 2.43 bits per heavy atom. The van der Waals surface area contributed by atoms with E-state index in [1.54, 1.807) is 26.1 Å². The lowest BCUT2D eigenvalue weighted by Crippen LogP contribution is -2.40. The smallest absolute Gasteiger partial charge is 0.452 e. The van der Waals surface area contributed by atoms with Crippen molar-refractivity contribution in [3.05, 3.63) is 58.3 Å². The van der Waals surface area contributed by atoms with Gasteiger partial charge in [0, 0.05) is 24.0 Å². The molecule has 0 bridgehead atoms. The van der Waals surface area contributed by atoms with Crippen LogP contribution in [0.15, 0.2) is 24.5 Å². The zero-order valence-electron chi connectivity index (χ0n) is 22.7. The average molecular weight is 537 g/mol. The Hall–Kier alpha value is -2.79. The van der Waals surface area contributed by atoms with Gasteiger partial charge in [-0.25, -0.2) is 0 Å². The third kappa shape index (κ3) is 6.20. The monoisotopic (exact) mass is 536 g/mol. The molecular formula is C26H35F3N4O3Si. The Bertz CT molecular complexity index is 1280. The highest BCUT2D eigenvalue weighted by Gasteiger charge is 2.38. The van der Waals surface area contributed by atoms with Gasteiger partial charge >= 0.3 is 12.1 Å². The van der Waals surface area contributed by atoms with Crippen LogP contribution < -0.4 is 0 Å². The molecule has 3 heterocycles. The first kappa shape index (κ1) is 28.8. The number of ether oxygens (including phenoxy) is 1. The van der Waals surface area contributed by atoms with E-state index in [1.807, 2.05) is 13.0 Å². The number of esters is 1. The molecule has 0 aliphatic carbocycles. The number of halogens is 3. The molecule has 0 amide bonds. The summed E-state index contributed by atoms with van der Waals surface area (Å²) in [6.07, 6.45) is -1.65. The van der Waals surface area contributed by atoms with E-state index in [0.29, 0.717) is 17.7 Å². The summed E-state index contributed by atoms with van der Waals surface area (Å²) in [6, 6.07) is 3.55. The van der Waals surface area contributed by atoms with Crippen LogP contribution in [0.25, 0.3) is 5.65 Å². The minimum Gasteiger partial charge on any atom is -0.466 e. The van der Waals surface area contributed by atoms with Gasteiger partial charge in [0.05, 0.1) is 19.6 Å². The molecule has 0 saturated carbocycles. The van der Waals surface area contributed by atoms with Gasteiger partial charge in [0.25, 0.3) is 0 Å². The molecule has 0 fully saturated rings. The minimum absolute atomic E-state index is 0.00160. The van der Waals surface area contributed by atoms with Crippen LogP contribution in [0.2, 0.25) is 18.1 Å². The Balaban J connectivity index is 2.07. The third-order valence-electron chi connectivity index (χ3n) is 7.18. The van der Waals surface area contributed by atoms with Crippen LogP contribution in [0.4, 0.5) is 13.2 Å². The fraction of sp³-hybridized carbons (Fsp3) is 0.538. The zero-order valence-corrected chi connectivity index (χ0v) is 23.7. The number of alkyl halides is 3. The minimum atomic E-state index is -4.64. The van der Waals surface area contributed by atoms with Crippen molar-refractivity contribution in [1.82, 2.24) is 19.6 Å². The van der Waals surface area contributed by atoms with E-state index in [4.69, 9.17) is 9.16 Å². The van der Waals surface area contributed by atoms with E-state index in [-0.39, 0.29) is 23.7 Å². The first-order chi connectivity index (χ1) is 17.1. The van der Waals surface area contributed by atoms with Crippen molar-refractivity contribution < 1.29 is 27.1 Å². The van der Waals surface area contributed by atoms with Crippen molar-refractivity contribution in [2.24, 2.45) is 0 Å². The van der Waals surface area contributed by atoms with E-state index in [0.717, 1.165) is 21.2 Å². The summed E-state index contributed by atoms with van der Waals surface area (Å²) in [5.74, 6) is -2.01. The summed E-state index contributed by atoms with van der Waals surface area (Å²) in [7, 11) is -2.02. The molecule has 0 spiro atoms. The molecule has 7 nitrogen and oxygen atoms in total.